The van der Waals surface area contributed by atoms with Crippen molar-refractivity contribution < 1.29 is 4.52 Å². The number of aryl methyl sites for hydroxylation is 1. The summed E-state index contributed by atoms with van der Waals surface area (Å²) in [6.07, 6.45) is 3.72. The van der Waals surface area contributed by atoms with Crippen molar-refractivity contribution in [3.05, 3.63) is 35.5 Å². The maximum Gasteiger partial charge on any atom is 0.230 e. The quantitative estimate of drug-likeness (QED) is 0.878. The molecule has 1 saturated carbocycles. The van der Waals surface area contributed by atoms with Gasteiger partial charge in [0.25, 0.3) is 0 Å². The van der Waals surface area contributed by atoms with Crippen LogP contribution in [0.5, 0.6) is 0 Å². The van der Waals surface area contributed by atoms with Crippen LogP contribution in [0.4, 0.5) is 5.88 Å². The first-order valence-corrected chi connectivity index (χ1v) is 6.99. The topological polar surface area (TPSA) is 52.0 Å². The molecule has 0 saturated heterocycles. The fourth-order valence-electron chi connectivity index (χ4n) is 3.24. The number of nitrogen functional groups attached to an aromatic ring is 1. The highest BCUT2D eigenvalue weighted by Crippen LogP contribution is 2.44. The molecule has 1 aliphatic rings. The summed E-state index contributed by atoms with van der Waals surface area (Å²) in [5.41, 5.74) is 10.5. The molecule has 1 aromatic carbocycles. The number of nitrogens with zero attached hydrogens (tertiary/aromatic N) is 1. The first-order valence-electron chi connectivity index (χ1n) is 6.99. The maximum absolute atomic E-state index is 6.03. The Labute approximate surface area is 113 Å². The van der Waals surface area contributed by atoms with Crippen LogP contribution in [0.2, 0.25) is 0 Å². The van der Waals surface area contributed by atoms with E-state index >= 15 is 0 Å². The maximum atomic E-state index is 6.03. The van der Waals surface area contributed by atoms with Crippen LogP contribution >= 0.6 is 0 Å². The zero-order valence-corrected chi connectivity index (χ0v) is 11.5. The fraction of sp³-hybridized carbons (Fsp3) is 0.438. The lowest BCUT2D eigenvalue weighted by atomic mass is 9.89. The van der Waals surface area contributed by atoms with E-state index < -0.39 is 0 Å². The Morgan fingerprint density at radius 2 is 2.05 bits per heavy atom. The molecular weight excluding hydrogens is 236 g/mol. The van der Waals surface area contributed by atoms with Gasteiger partial charge in [-0.15, -0.1) is 0 Å². The van der Waals surface area contributed by atoms with E-state index in [9.17, 15) is 0 Å². The Hall–Kier alpha value is -1.77. The predicted octanol–water partition coefficient (Wildman–Crippen LogP) is 4.14. The van der Waals surface area contributed by atoms with Crippen molar-refractivity contribution in [2.45, 2.75) is 39.0 Å². The van der Waals surface area contributed by atoms with Crippen molar-refractivity contribution in [1.82, 2.24) is 5.16 Å². The van der Waals surface area contributed by atoms with Gasteiger partial charge in [-0.2, -0.15) is 0 Å². The van der Waals surface area contributed by atoms with Crippen molar-refractivity contribution in [2.75, 3.05) is 5.73 Å². The Morgan fingerprint density at radius 1 is 1.26 bits per heavy atom. The molecule has 1 aromatic heterocycles. The van der Waals surface area contributed by atoms with Gasteiger partial charge in [0.1, 0.15) is 0 Å². The number of rotatable bonds is 2. The van der Waals surface area contributed by atoms with E-state index in [0.29, 0.717) is 17.7 Å². The number of nitrogens with two attached hydrogens (primary N) is 1. The average molecular weight is 256 g/mol. The Bertz CT molecular complexity index is 588. The summed E-state index contributed by atoms with van der Waals surface area (Å²) < 4.78 is 5.29. The molecule has 3 heteroatoms. The van der Waals surface area contributed by atoms with Crippen molar-refractivity contribution in [3.63, 3.8) is 0 Å². The lowest BCUT2D eigenvalue weighted by molar-refractivity contribution is 0.407. The predicted molar refractivity (Wildman–Crippen MR) is 76.8 cm³/mol. The first kappa shape index (κ1) is 12.3. The normalized spacial score (nSPS) is 22.8. The van der Waals surface area contributed by atoms with Crippen LogP contribution in [-0.4, -0.2) is 5.16 Å². The molecule has 1 heterocycles. The largest absolute Gasteiger partial charge is 0.367 e. The third-order valence-corrected chi connectivity index (χ3v) is 4.37. The number of aromatic nitrogens is 1. The Kier molecular flexibility index (Phi) is 3.05. The standard InChI is InChI=1S/C16H20N2O/c1-10-6-3-4-8-12(10)14-15(18-19-16(14)17)13-9-5-7-11(13)2/h3-4,6,8,11,13H,5,7,9,17H2,1-2H3. The van der Waals surface area contributed by atoms with Crippen LogP contribution in [0.25, 0.3) is 11.1 Å². The van der Waals surface area contributed by atoms with Crippen molar-refractivity contribution >= 4 is 5.88 Å². The Balaban J connectivity index is 2.11. The molecule has 2 atom stereocenters. The lowest BCUT2D eigenvalue weighted by Gasteiger charge is -2.14. The minimum atomic E-state index is 0.448. The van der Waals surface area contributed by atoms with Crippen LogP contribution in [-0.2, 0) is 0 Å². The summed E-state index contributed by atoms with van der Waals surface area (Å²) in [5.74, 6) is 1.59. The van der Waals surface area contributed by atoms with Crippen molar-refractivity contribution in [3.8, 4) is 11.1 Å². The second-order valence-electron chi connectivity index (χ2n) is 5.64. The SMILES string of the molecule is Cc1ccccc1-c1c(C2CCCC2C)noc1N. The van der Waals surface area contributed by atoms with E-state index in [4.69, 9.17) is 10.3 Å². The summed E-state index contributed by atoms with van der Waals surface area (Å²) in [6, 6.07) is 8.28. The van der Waals surface area contributed by atoms with Gasteiger partial charge in [0.15, 0.2) is 0 Å². The molecule has 100 valence electrons. The van der Waals surface area contributed by atoms with Crippen LogP contribution in [0.3, 0.4) is 0 Å². The van der Waals surface area contributed by atoms with Gasteiger partial charge in [-0.3, -0.25) is 0 Å². The molecular formula is C16H20N2O. The number of hydrogen-bond acceptors (Lipinski definition) is 3. The van der Waals surface area contributed by atoms with Gasteiger partial charge in [0, 0.05) is 5.92 Å². The van der Waals surface area contributed by atoms with Crippen LogP contribution in [0.15, 0.2) is 28.8 Å². The van der Waals surface area contributed by atoms with Crippen molar-refractivity contribution in [1.29, 1.82) is 0 Å². The molecule has 0 radical (unpaired) electrons. The highest BCUT2D eigenvalue weighted by Gasteiger charge is 2.31. The summed E-state index contributed by atoms with van der Waals surface area (Å²) >= 11 is 0. The number of hydrogen-bond donors (Lipinski definition) is 1. The van der Waals surface area contributed by atoms with Gasteiger partial charge in [-0.05, 0) is 30.4 Å². The second-order valence-corrected chi connectivity index (χ2v) is 5.64. The number of anilines is 1. The molecule has 1 fully saturated rings. The molecule has 19 heavy (non-hydrogen) atoms. The molecule has 0 spiro atoms. The van der Waals surface area contributed by atoms with E-state index in [2.05, 4.69) is 31.1 Å². The molecule has 1 aliphatic carbocycles. The zero-order chi connectivity index (χ0) is 13.4. The molecule has 2 N–H and O–H groups in total. The van der Waals surface area contributed by atoms with E-state index in [1.165, 1.54) is 24.8 Å². The minimum Gasteiger partial charge on any atom is -0.367 e. The monoisotopic (exact) mass is 256 g/mol. The summed E-state index contributed by atoms with van der Waals surface area (Å²) in [5, 5.41) is 4.27. The molecule has 0 amide bonds. The van der Waals surface area contributed by atoms with Gasteiger partial charge >= 0.3 is 0 Å². The van der Waals surface area contributed by atoms with E-state index in [1.807, 2.05) is 12.1 Å². The van der Waals surface area contributed by atoms with E-state index in [0.717, 1.165) is 16.8 Å². The highest BCUT2D eigenvalue weighted by atomic mass is 16.5. The fourth-order valence-corrected chi connectivity index (χ4v) is 3.24. The van der Waals surface area contributed by atoms with Gasteiger partial charge in [0.2, 0.25) is 5.88 Å². The number of benzene rings is 1. The smallest absolute Gasteiger partial charge is 0.230 e. The third-order valence-electron chi connectivity index (χ3n) is 4.37. The minimum absolute atomic E-state index is 0.448. The van der Waals surface area contributed by atoms with Gasteiger partial charge < -0.3 is 10.3 Å². The van der Waals surface area contributed by atoms with Crippen LogP contribution in [0.1, 0.15) is 43.4 Å². The molecule has 3 rings (SSSR count). The molecule has 2 aromatic rings. The molecule has 3 nitrogen and oxygen atoms in total. The second kappa shape index (κ2) is 4.72. The third kappa shape index (κ3) is 2.03. The summed E-state index contributed by atoms with van der Waals surface area (Å²) in [4.78, 5) is 0. The first-order chi connectivity index (χ1) is 9.18. The van der Waals surface area contributed by atoms with Crippen LogP contribution in [0, 0.1) is 12.8 Å². The summed E-state index contributed by atoms with van der Waals surface area (Å²) in [7, 11) is 0. The van der Waals surface area contributed by atoms with E-state index in [1.54, 1.807) is 0 Å². The molecule has 0 aliphatic heterocycles. The summed E-state index contributed by atoms with van der Waals surface area (Å²) in [6.45, 7) is 4.40. The van der Waals surface area contributed by atoms with E-state index in [-0.39, 0.29) is 0 Å². The van der Waals surface area contributed by atoms with Gasteiger partial charge in [-0.1, -0.05) is 49.2 Å². The Morgan fingerprint density at radius 3 is 2.74 bits per heavy atom. The highest BCUT2D eigenvalue weighted by molar-refractivity contribution is 5.77. The van der Waals surface area contributed by atoms with Crippen LogP contribution < -0.4 is 5.73 Å². The zero-order valence-electron chi connectivity index (χ0n) is 11.5. The lowest BCUT2D eigenvalue weighted by Crippen LogP contribution is -2.04. The van der Waals surface area contributed by atoms with Gasteiger partial charge in [-0.25, -0.2) is 0 Å². The van der Waals surface area contributed by atoms with Crippen molar-refractivity contribution in [2.24, 2.45) is 5.92 Å². The molecule has 2 unspecified atom stereocenters. The van der Waals surface area contributed by atoms with Gasteiger partial charge in [0.05, 0.1) is 11.3 Å². The average Bonchev–Trinajstić information content (AvgIpc) is 2.96. The molecule has 0 bridgehead atoms.